The Bertz CT molecular complexity index is 320. The molecule has 0 amide bonds. The first-order chi connectivity index (χ1) is 6.07. The summed E-state index contributed by atoms with van der Waals surface area (Å²) in [6.45, 7) is -0.0562. The molecular formula is C7H7F2IN2O. The SMILES string of the molecule is NCc1c(I)ncc(O)c1C(F)F. The lowest BCUT2D eigenvalue weighted by molar-refractivity contribution is 0.146. The van der Waals surface area contributed by atoms with Crippen LogP contribution in [0, 0.1) is 3.70 Å². The van der Waals surface area contributed by atoms with Gasteiger partial charge in [0.25, 0.3) is 6.43 Å². The zero-order valence-electron chi connectivity index (χ0n) is 6.47. The molecule has 0 radical (unpaired) electrons. The van der Waals surface area contributed by atoms with Crippen LogP contribution < -0.4 is 5.73 Å². The molecule has 1 rings (SSSR count). The molecule has 3 N–H and O–H groups in total. The quantitative estimate of drug-likeness (QED) is 0.646. The molecule has 0 aromatic carbocycles. The van der Waals surface area contributed by atoms with Crippen LogP contribution in [0.4, 0.5) is 8.78 Å². The van der Waals surface area contributed by atoms with Crippen LogP contribution in [0.3, 0.4) is 0 Å². The van der Waals surface area contributed by atoms with Gasteiger partial charge in [0.2, 0.25) is 0 Å². The minimum Gasteiger partial charge on any atom is -0.506 e. The highest BCUT2D eigenvalue weighted by molar-refractivity contribution is 14.1. The van der Waals surface area contributed by atoms with E-state index >= 15 is 0 Å². The van der Waals surface area contributed by atoms with E-state index in [-0.39, 0.29) is 12.1 Å². The van der Waals surface area contributed by atoms with Gasteiger partial charge in [-0.05, 0) is 22.6 Å². The zero-order chi connectivity index (χ0) is 10.0. The van der Waals surface area contributed by atoms with Crippen molar-refractivity contribution in [3.05, 3.63) is 21.0 Å². The molecule has 0 unspecified atom stereocenters. The summed E-state index contributed by atoms with van der Waals surface area (Å²) >= 11 is 1.80. The number of nitrogens with two attached hydrogens (primary N) is 1. The van der Waals surface area contributed by atoms with Crippen molar-refractivity contribution < 1.29 is 13.9 Å². The van der Waals surface area contributed by atoms with Crippen molar-refractivity contribution in [3.8, 4) is 5.75 Å². The van der Waals surface area contributed by atoms with Crippen molar-refractivity contribution in [2.75, 3.05) is 0 Å². The Hall–Kier alpha value is -0.500. The number of alkyl halides is 2. The molecule has 0 aliphatic heterocycles. The summed E-state index contributed by atoms with van der Waals surface area (Å²) < 4.78 is 25.2. The largest absolute Gasteiger partial charge is 0.506 e. The van der Waals surface area contributed by atoms with Gasteiger partial charge in [0.15, 0.2) is 0 Å². The van der Waals surface area contributed by atoms with Crippen molar-refractivity contribution in [2.45, 2.75) is 13.0 Å². The van der Waals surface area contributed by atoms with Gasteiger partial charge >= 0.3 is 0 Å². The highest BCUT2D eigenvalue weighted by Gasteiger charge is 2.19. The van der Waals surface area contributed by atoms with Gasteiger partial charge in [-0.1, -0.05) is 0 Å². The van der Waals surface area contributed by atoms with Gasteiger partial charge in [-0.2, -0.15) is 0 Å². The standard InChI is InChI=1S/C7H7F2IN2O/c8-6(9)5-3(1-11)7(10)12-2-4(5)13/h2,6,13H,1,11H2. The van der Waals surface area contributed by atoms with Crippen molar-refractivity contribution in [1.82, 2.24) is 4.98 Å². The maximum Gasteiger partial charge on any atom is 0.267 e. The Labute approximate surface area is 87.1 Å². The van der Waals surface area contributed by atoms with E-state index < -0.39 is 17.7 Å². The number of hydrogen-bond donors (Lipinski definition) is 2. The number of aromatic nitrogens is 1. The van der Waals surface area contributed by atoms with Gasteiger partial charge in [-0.25, -0.2) is 13.8 Å². The Kier molecular flexibility index (Phi) is 3.37. The average Bonchev–Trinajstić information content (AvgIpc) is 2.07. The van der Waals surface area contributed by atoms with E-state index in [1.165, 1.54) is 0 Å². The Balaban J connectivity index is 3.35. The van der Waals surface area contributed by atoms with E-state index in [2.05, 4.69) is 4.98 Å². The van der Waals surface area contributed by atoms with Crippen LogP contribution in [0.1, 0.15) is 17.6 Å². The maximum atomic E-state index is 12.4. The van der Waals surface area contributed by atoms with Crippen LogP contribution in [-0.2, 0) is 6.54 Å². The highest BCUT2D eigenvalue weighted by atomic mass is 127. The monoisotopic (exact) mass is 300 g/mol. The zero-order valence-corrected chi connectivity index (χ0v) is 8.62. The van der Waals surface area contributed by atoms with Gasteiger partial charge in [-0.3, -0.25) is 0 Å². The molecule has 6 heteroatoms. The predicted molar refractivity (Wildman–Crippen MR) is 51.5 cm³/mol. The molecule has 1 heterocycles. The molecule has 0 aliphatic rings. The number of nitrogens with zero attached hydrogens (tertiary/aromatic N) is 1. The fourth-order valence-electron chi connectivity index (χ4n) is 0.969. The van der Waals surface area contributed by atoms with Gasteiger partial charge in [0.05, 0.1) is 11.8 Å². The second-order valence-electron chi connectivity index (χ2n) is 2.33. The van der Waals surface area contributed by atoms with Gasteiger partial charge in [-0.15, -0.1) is 0 Å². The molecule has 1 aromatic rings. The van der Waals surface area contributed by atoms with E-state index in [9.17, 15) is 8.78 Å². The molecule has 0 fully saturated rings. The van der Waals surface area contributed by atoms with Gasteiger partial charge in [0.1, 0.15) is 9.45 Å². The molecule has 3 nitrogen and oxygen atoms in total. The fraction of sp³-hybridized carbons (Fsp3) is 0.286. The molecule has 72 valence electrons. The normalized spacial score (nSPS) is 10.8. The smallest absolute Gasteiger partial charge is 0.267 e. The summed E-state index contributed by atoms with van der Waals surface area (Å²) in [5.41, 5.74) is 5.06. The van der Waals surface area contributed by atoms with E-state index in [1.807, 2.05) is 0 Å². The van der Waals surface area contributed by atoms with Crippen molar-refractivity contribution in [1.29, 1.82) is 0 Å². The third kappa shape index (κ3) is 2.05. The van der Waals surface area contributed by atoms with Crippen molar-refractivity contribution >= 4 is 22.6 Å². The van der Waals surface area contributed by atoms with Crippen LogP contribution in [0.2, 0.25) is 0 Å². The molecule has 0 bridgehead atoms. The summed E-state index contributed by atoms with van der Waals surface area (Å²) in [5.74, 6) is -0.504. The molecule has 0 spiro atoms. The fourth-order valence-corrected chi connectivity index (χ4v) is 1.62. The second-order valence-corrected chi connectivity index (χ2v) is 3.35. The lowest BCUT2D eigenvalue weighted by Gasteiger charge is -2.09. The number of aromatic hydroxyl groups is 1. The first-order valence-electron chi connectivity index (χ1n) is 3.42. The van der Waals surface area contributed by atoms with Crippen LogP contribution >= 0.6 is 22.6 Å². The van der Waals surface area contributed by atoms with Crippen LogP contribution in [-0.4, -0.2) is 10.1 Å². The van der Waals surface area contributed by atoms with Gasteiger partial charge in [0, 0.05) is 12.1 Å². The number of halogens is 3. The van der Waals surface area contributed by atoms with E-state index in [4.69, 9.17) is 10.8 Å². The molecule has 0 atom stereocenters. The van der Waals surface area contributed by atoms with Gasteiger partial charge < -0.3 is 10.8 Å². The third-order valence-electron chi connectivity index (χ3n) is 1.57. The Morgan fingerprint density at radius 1 is 1.62 bits per heavy atom. The molecule has 0 saturated carbocycles. The molecule has 1 aromatic heterocycles. The number of rotatable bonds is 2. The summed E-state index contributed by atoms with van der Waals surface area (Å²) in [5, 5.41) is 9.12. The topological polar surface area (TPSA) is 59.1 Å². The van der Waals surface area contributed by atoms with E-state index in [0.29, 0.717) is 3.70 Å². The predicted octanol–water partition coefficient (Wildman–Crippen LogP) is 1.79. The highest BCUT2D eigenvalue weighted by Crippen LogP contribution is 2.32. The minimum absolute atomic E-state index is 0.0562. The summed E-state index contributed by atoms with van der Waals surface area (Å²) in [4.78, 5) is 3.72. The maximum absolute atomic E-state index is 12.4. The second kappa shape index (κ2) is 4.14. The Morgan fingerprint density at radius 2 is 2.23 bits per heavy atom. The minimum atomic E-state index is -2.73. The van der Waals surface area contributed by atoms with E-state index in [1.54, 1.807) is 22.6 Å². The Morgan fingerprint density at radius 3 is 2.62 bits per heavy atom. The summed E-state index contributed by atoms with van der Waals surface area (Å²) in [7, 11) is 0. The molecule has 0 saturated heterocycles. The summed E-state index contributed by atoms with van der Waals surface area (Å²) in [6, 6.07) is 0. The first kappa shape index (κ1) is 10.6. The van der Waals surface area contributed by atoms with Crippen LogP contribution in [0.15, 0.2) is 6.20 Å². The lowest BCUT2D eigenvalue weighted by Crippen LogP contribution is -2.06. The van der Waals surface area contributed by atoms with E-state index in [0.717, 1.165) is 6.20 Å². The first-order valence-corrected chi connectivity index (χ1v) is 4.50. The van der Waals surface area contributed by atoms with Crippen molar-refractivity contribution in [3.63, 3.8) is 0 Å². The number of pyridine rings is 1. The molecule has 0 aliphatic carbocycles. The van der Waals surface area contributed by atoms with Crippen LogP contribution in [0.5, 0.6) is 5.75 Å². The average molecular weight is 300 g/mol. The number of hydrogen-bond acceptors (Lipinski definition) is 3. The summed E-state index contributed by atoms with van der Waals surface area (Å²) in [6.07, 6.45) is -1.72. The molecule has 13 heavy (non-hydrogen) atoms. The molecular weight excluding hydrogens is 293 g/mol. The van der Waals surface area contributed by atoms with Crippen molar-refractivity contribution in [2.24, 2.45) is 5.73 Å². The lowest BCUT2D eigenvalue weighted by atomic mass is 10.1. The third-order valence-corrected chi connectivity index (χ3v) is 2.50. The van der Waals surface area contributed by atoms with Crippen LogP contribution in [0.25, 0.3) is 0 Å².